The predicted octanol–water partition coefficient (Wildman–Crippen LogP) is 2.60. The summed E-state index contributed by atoms with van der Waals surface area (Å²) in [5.74, 6) is -1.23. The highest BCUT2D eigenvalue weighted by Crippen LogP contribution is 2.35. The molecule has 0 spiro atoms. The van der Waals surface area contributed by atoms with Gasteiger partial charge in [0.2, 0.25) is 0 Å². The van der Waals surface area contributed by atoms with Crippen molar-refractivity contribution in [1.29, 1.82) is 0 Å². The summed E-state index contributed by atoms with van der Waals surface area (Å²) in [4.78, 5) is 3.66. The number of aromatic hydroxyl groups is 1. The number of aromatic nitrogens is 1. The summed E-state index contributed by atoms with van der Waals surface area (Å²) >= 11 is 1.62. The number of pyridine rings is 1. The van der Waals surface area contributed by atoms with Crippen LogP contribution in [-0.2, 0) is 0 Å². The zero-order valence-corrected chi connectivity index (χ0v) is 9.05. The molecule has 0 atom stereocenters. The van der Waals surface area contributed by atoms with E-state index in [0.717, 1.165) is 6.20 Å². The highest BCUT2D eigenvalue weighted by atomic mass is 127. The van der Waals surface area contributed by atoms with Crippen molar-refractivity contribution < 1.29 is 23.0 Å². The van der Waals surface area contributed by atoms with Crippen molar-refractivity contribution in [2.45, 2.75) is 13.3 Å². The monoisotopic (exact) mass is 319 g/mol. The van der Waals surface area contributed by atoms with E-state index in [1.807, 2.05) is 0 Å². The maximum Gasteiger partial charge on any atom is 0.573 e. The third kappa shape index (κ3) is 2.63. The molecule has 1 aromatic heterocycles. The molecule has 1 heterocycles. The van der Waals surface area contributed by atoms with Gasteiger partial charge in [-0.3, -0.25) is 4.98 Å². The Kier molecular flexibility index (Phi) is 3.07. The smallest absolute Gasteiger partial charge is 0.503 e. The largest absolute Gasteiger partial charge is 0.573 e. The molecule has 0 unspecified atom stereocenters. The van der Waals surface area contributed by atoms with Gasteiger partial charge in [-0.1, -0.05) is 0 Å². The minimum atomic E-state index is -4.81. The number of rotatable bonds is 1. The summed E-state index contributed by atoms with van der Waals surface area (Å²) < 4.78 is 39.4. The topological polar surface area (TPSA) is 42.4 Å². The molecule has 14 heavy (non-hydrogen) atoms. The summed E-state index contributed by atoms with van der Waals surface area (Å²) in [6.45, 7) is 1.52. The molecule has 78 valence electrons. The van der Waals surface area contributed by atoms with E-state index in [-0.39, 0.29) is 3.57 Å². The van der Waals surface area contributed by atoms with Gasteiger partial charge in [-0.15, -0.1) is 13.2 Å². The van der Waals surface area contributed by atoms with Crippen molar-refractivity contribution in [3.8, 4) is 11.5 Å². The molecular weight excluding hydrogens is 314 g/mol. The van der Waals surface area contributed by atoms with E-state index in [1.54, 1.807) is 22.6 Å². The molecule has 0 radical (unpaired) electrons. The SMILES string of the molecule is Cc1ncc(O)c(OC(F)(F)F)c1I. The molecule has 0 fully saturated rings. The van der Waals surface area contributed by atoms with E-state index >= 15 is 0 Å². The lowest BCUT2D eigenvalue weighted by atomic mass is 10.3. The zero-order valence-electron chi connectivity index (χ0n) is 6.89. The molecule has 0 bridgehead atoms. The molecule has 1 rings (SSSR count). The van der Waals surface area contributed by atoms with Crippen LogP contribution in [0.2, 0.25) is 0 Å². The molecule has 0 aliphatic heterocycles. The van der Waals surface area contributed by atoms with Crippen molar-refractivity contribution in [3.05, 3.63) is 15.5 Å². The lowest BCUT2D eigenvalue weighted by Crippen LogP contribution is -2.18. The molecule has 0 aliphatic rings. The van der Waals surface area contributed by atoms with Crippen LogP contribution in [0.3, 0.4) is 0 Å². The van der Waals surface area contributed by atoms with E-state index < -0.39 is 17.9 Å². The Labute approximate surface area is 91.0 Å². The first-order valence-corrected chi connectivity index (χ1v) is 4.49. The van der Waals surface area contributed by atoms with E-state index in [2.05, 4.69) is 9.72 Å². The fraction of sp³-hybridized carbons (Fsp3) is 0.286. The first kappa shape index (κ1) is 11.3. The molecule has 0 aromatic carbocycles. The molecule has 0 saturated carbocycles. The van der Waals surface area contributed by atoms with Gasteiger partial charge in [0.25, 0.3) is 0 Å². The lowest BCUT2D eigenvalue weighted by Gasteiger charge is -2.12. The fourth-order valence-corrected chi connectivity index (χ4v) is 1.29. The third-order valence-electron chi connectivity index (χ3n) is 1.35. The maximum absolute atomic E-state index is 11.9. The van der Waals surface area contributed by atoms with Gasteiger partial charge in [0.1, 0.15) is 0 Å². The number of nitrogens with zero attached hydrogens (tertiary/aromatic N) is 1. The van der Waals surface area contributed by atoms with Crippen molar-refractivity contribution in [2.24, 2.45) is 0 Å². The Morgan fingerprint density at radius 3 is 2.57 bits per heavy atom. The van der Waals surface area contributed by atoms with E-state index in [1.165, 1.54) is 6.92 Å². The van der Waals surface area contributed by atoms with E-state index in [4.69, 9.17) is 5.11 Å². The summed E-state index contributed by atoms with van der Waals surface area (Å²) in [6.07, 6.45) is -3.90. The minimum Gasteiger partial charge on any atom is -0.503 e. The highest BCUT2D eigenvalue weighted by Gasteiger charge is 2.33. The van der Waals surface area contributed by atoms with Crippen LogP contribution < -0.4 is 4.74 Å². The molecule has 1 aromatic rings. The van der Waals surface area contributed by atoms with E-state index in [0.29, 0.717) is 5.69 Å². The van der Waals surface area contributed by atoms with Crippen LogP contribution in [0.4, 0.5) is 13.2 Å². The summed E-state index contributed by atoms with van der Waals surface area (Å²) in [5, 5.41) is 9.09. The van der Waals surface area contributed by atoms with Crippen LogP contribution in [0.15, 0.2) is 6.20 Å². The van der Waals surface area contributed by atoms with Crippen LogP contribution >= 0.6 is 22.6 Å². The van der Waals surface area contributed by atoms with Crippen LogP contribution in [0, 0.1) is 10.5 Å². The Morgan fingerprint density at radius 1 is 1.50 bits per heavy atom. The van der Waals surface area contributed by atoms with Gasteiger partial charge in [0, 0.05) is 0 Å². The van der Waals surface area contributed by atoms with Crippen molar-refractivity contribution in [2.75, 3.05) is 0 Å². The number of halogens is 4. The Balaban J connectivity index is 3.13. The second-order valence-corrected chi connectivity index (χ2v) is 3.50. The lowest BCUT2D eigenvalue weighted by molar-refractivity contribution is -0.275. The number of hydrogen-bond acceptors (Lipinski definition) is 3. The second kappa shape index (κ2) is 3.79. The normalized spacial score (nSPS) is 11.5. The van der Waals surface area contributed by atoms with Crippen molar-refractivity contribution >= 4 is 22.6 Å². The van der Waals surface area contributed by atoms with E-state index in [9.17, 15) is 13.2 Å². The van der Waals surface area contributed by atoms with Gasteiger partial charge in [-0.25, -0.2) is 0 Å². The van der Waals surface area contributed by atoms with Crippen molar-refractivity contribution in [1.82, 2.24) is 4.98 Å². The summed E-state index contributed by atoms with van der Waals surface area (Å²) in [5.41, 5.74) is 0.364. The van der Waals surface area contributed by atoms with Crippen LogP contribution in [0.25, 0.3) is 0 Å². The molecule has 0 saturated heterocycles. The molecule has 0 aliphatic carbocycles. The first-order chi connectivity index (χ1) is 6.31. The average Bonchev–Trinajstić information content (AvgIpc) is 2.04. The molecule has 7 heteroatoms. The maximum atomic E-state index is 11.9. The van der Waals surface area contributed by atoms with Gasteiger partial charge in [0.15, 0.2) is 11.5 Å². The fourth-order valence-electron chi connectivity index (χ4n) is 0.763. The standard InChI is InChI=1S/C7H5F3INO2/c1-3-5(11)6(4(13)2-12-3)14-7(8,9)10/h2,13H,1H3. The number of ether oxygens (including phenoxy) is 1. The van der Waals surface area contributed by atoms with Gasteiger partial charge in [0.05, 0.1) is 15.5 Å². The van der Waals surface area contributed by atoms with Gasteiger partial charge in [-0.05, 0) is 29.5 Å². The number of alkyl halides is 3. The van der Waals surface area contributed by atoms with Gasteiger partial charge < -0.3 is 9.84 Å². The molecule has 1 N–H and O–H groups in total. The third-order valence-corrected chi connectivity index (χ3v) is 2.62. The number of aryl methyl sites for hydroxylation is 1. The van der Waals surface area contributed by atoms with Crippen LogP contribution in [0.1, 0.15) is 5.69 Å². The summed E-state index contributed by atoms with van der Waals surface area (Å²) in [7, 11) is 0. The molecular formula is C7H5F3INO2. The Hall–Kier alpha value is -0.730. The average molecular weight is 319 g/mol. The Bertz CT molecular complexity index is 354. The molecule has 0 amide bonds. The molecule has 3 nitrogen and oxygen atoms in total. The van der Waals surface area contributed by atoms with Crippen LogP contribution in [-0.4, -0.2) is 16.5 Å². The number of hydrogen-bond donors (Lipinski definition) is 1. The minimum absolute atomic E-state index is 0.139. The van der Waals surface area contributed by atoms with Gasteiger partial charge >= 0.3 is 6.36 Å². The highest BCUT2D eigenvalue weighted by molar-refractivity contribution is 14.1. The zero-order chi connectivity index (χ0) is 10.9. The first-order valence-electron chi connectivity index (χ1n) is 3.41. The Morgan fingerprint density at radius 2 is 2.07 bits per heavy atom. The predicted molar refractivity (Wildman–Crippen MR) is 50.0 cm³/mol. The summed E-state index contributed by atoms with van der Waals surface area (Å²) in [6, 6.07) is 0. The van der Waals surface area contributed by atoms with Crippen molar-refractivity contribution in [3.63, 3.8) is 0 Å². The second-order valence-electron chi connectivity index (χ2n) is 2.42. The quantitative estimate of drug-likeness (QED) is 0.809. The van der Waals surface area contributed by atoms with Gasteiger partial charge in [-0.2, -0.15) is 0 Å². The van der Waals surface area contributed by atoms with Crippen LogP contribution in [0.5, 0.6) is 11.5 Å².